The second-order valence-electron chi connectivity index (χ2n) is 8.14. The van der Waals surface area contributed by atoms with Crippen LogP contribution in [-0.2, 0) is 0 Å². The maximum Gasteiger partial charge on any atom is 0.264 e. The monoisotopic (exact) mass is 458 g/mol. The third-order valence-corrected chi connectivity index (χ3v) is 6.94. The molecule has 0 spiro atoms. The highest BCUT2D eigenvalue weighted by Gasteiger charge is 2.29. The van der Waals surface area contributed by atoms with E-state index < -0.39 is 0 Å². The highest BCUT2D eigenvalue weighted by atomic mass is 32.1. The van der Waals surface area contributed by atoms with Gasteiger partial charge in [0, 0.05) is 30.5 Å². The SMILES string of the molecule is O=C(c1cccs1)N1CCCC1CCOc1ccc2ncc(-c3cc4ccccc4o3)n2n1. The zero-order valence-electron chi connectivity index (χ0n) is 17.9. The number of carbonyl (C=O) groups excluding carboxylic acids is 1. The van der Waals surface area contributed by atoms with Gasteiger partial charge in [0.05, 0.1) is 17.7 Å². The molecule has 1 aliphatic rings. The van der Waals surface area contributed by atoms with Gasteiger partial charge in [0.25, 0.3) is 5.91 Å². The number of para-hydroxylation sites is 1. The number of amides is 1. The summed E-state index contributed by atoms with van der Waals surface area (Å²) in [5, 5.41) is 7.61. The number of benzene rings is 1. The molecule has 0 radical (unpaired) electrons. The summed E-state index contributed by atoms with van der Waals surface area (Å²) < 4.78 is 13.7. The number of aromatic nitrogens is 3. The largest absolute Gasteiger partial charge is 0.477 e. The number of rotatable bonds is 6. The Balaban J connectivity index is 1.16. The molecule has 33 heavy (non-hydrogen) atoms. The summed E-state index contributed by atoms with van der Waals surface area (Å²) in [7, 11) is 0. The molecule has 0 bridgehead atoms. The van der Waals surface area contributed by atoms with E-state index in [0.717, 1.165) is 53.0 Å². The lowest BCUT2D eigenvalue weighted by molar-refractivity contribution is 0.0723. The van der Waals surface area contributed by atoms with Crippen molar-refractivity contribution in [3.05, 3.63) is 71.1 Å². The molecule has 0 aliphatic carbocycles. The molecule has 7 nitrogen and oxygen atoms in total. The van der Waals surface area contributed by atoms with Crippen LogP contribution in [0.15, 0.2) is 70.6 Å². The van der Waals surface area contributed by atoms with Crippen LogP contribution in [0.3, 0.4) is 0 Å². The average molecular weight is 459 g/mol. The van der Waals surface area contributed by atoms with E-state index in [1.165, 1.54) is 11.3 Å². The van der Waals surface area contributed by atoms with Crippen molar-refractivity contribution in [3.63, 3.8) is 0 Å². The summed E-state index contributed by atoms with van der Waals surface area (Å²) >= 11 is 1.49. The second-order valence-corrected chi connectivity index (χ2v) is 9.09. The predicted molar refractivity (Wildman–Crippen MR) is 127 cm³/mol. The highest BCUT2D eigenvalue weighted by molar-refractivity contribution is 7.12. The summed E-state index contributed by atoms with van der Waals surface area (Å²) in [6.07, 6.45) is 4.57. The topological polar surface area (TPSA) is 72.9 Å². The zero-order valence-corrected chi connectivity index (χ0v) is 18.7. The molecule has 1 unspecified atom stereocenters. The summed E-state index contributed by atoms with van der Waals surface area (Å²) in [6.45, 7) is 1.30. The van der Waals surface area contributed by atoms with Gasteiger partial charge >= 0.3 is 0 Å². The molecule has 1 atom stereocenters. The Morgan fingerprint density at radius 3 is 3.00 bits per heavy atom. The maximum atomic E-state index is 12.8. The summed E-state index contributed by atoms with van der Waals surface area (Å²) in [5.74, 6) is 1.36. The Labute approximate surface area is 194 Å². The number of fused-ring (bicyclic) bond motifs is 2. The minimum absolute atomic E-state index is 0.126. The molecular formula is C25H22N4O3S. The van der Waals surface area contributed by atoms with Crippen LogP contribution < -0.4 is 4.74 Å². The van der Waals surface area contributed by atoms with Crippen molar-refractivity contribution in [2.24, 2.45) is 0 Å². The molecule has 1 amide bonds. The lowest BCUT2D eigenvalue weighted by Crippen LogP contribution is -2.36. The van der Waals surface area contributed by atoms with Crippen molar-refractivity contribution >= 4 is 33.9 Å². The number of furan rings is 1. The van der Waals surface area contributed by atoms with Crippen LogP contribution >= 0.6 is 11.3 Å². The summed E-state index contributed by atoms with van der Waals surface area (Å²) in [5.41, 5.74) is 2.32. The number of ether oxygens (including phenoxy) is 1. The molecule has 0 saturated carbocycles. The van der Waals surface area contributed by atoms with Crippen molar-refractivity contribution in [3.8, 4) is 17.3 Å². The first-order valence-electron chi connectivity index (χ1n) is 11.1. The number of hydrogen-bond donors (Lipinski definition) is 0. The molecule has 6 rings (SSSR count). The lowest BCUT2D eigenvalue weighted by Gasteiger charge is -2.24. The van der Waals surface area contributed by atoms with E-state index >= 15 is 0 Å². The molecule has 1 aromatic carbocycles. The molecule has 1 aliphatic heterocycles. The van der Waals surface area contributed by atoms with Crippen LogP contribution in [0.4, 0.5) is 0 Å². The fourth-order valence-electron chi connectivity index (χ4n) is 4.45. The van der Waals surface area contributed by atoms with E-state index in [9.17, 15) is 4.79 Å². The maximum absolute atomic E-state index is 12.8. The lowest BCUT2D eigenvalue weighted by atomic mass is 10.1. The third kappa shape index (κ3) is 3.76. The van der Waals surface area contributed by atoms with Gasteiger partial charge in [0.2, 0.25) is 5.88 Å². The van der Waals surface area contributed by atoms with Gasteiger partial charge in [-0.1, -0.05) is 24.3 Å². The number of carbonyl (C=O) groups is 1. The van der Waals surface area contributed by atoms with Crippen molar-refractivity contribution in [1.82, 2.24) is 19.5 Å². The van der Waals surface area contributed by atoms with Gasteiger partial charge in [-0.3, -0.25) is 4.79 Å². The molecule has 8 heteroatoms. The van der Waals surface area contributed by atoms with Crippen molar-refractivity contribution in [2.45, 2.75) is 25.3 Å². The number of likely N-dealkylation sites (tertiary alicyclic amines) is 1. The Morgan fingerprint density at radius 1 is 1.18 bits per heavy atom. The van der Waals surface area contributed by atoms with Crippen LogP contribution in [0.2, 0.25) is 0 Å². The predicted octanol–water partition coefficient (Wildman–Crippen LogP) is 5.28. The van der Waals surface area contributed by atoms with Gasteiger partial charge in [0.15, 0.2) is 11.4 Å². The second kappa shape index (κ2) is 8.37. The molecular weight excluding hydrogens is 436 g/mol. The first-order chi connectivity index (χ1) is 16.3. The minimum atomic E-state index is 0.126. The van der Waals surface area contributed by atoms with Crippen LogP contribution in [0.25, 0.3) is 28.1 Å². The van der Waals surface area contributed by atoms with Crippen molar-refractivity contribution < 1.29 is 13.9 Å². The Morgan fingerprint density at radius 2 is 2.12 bits per heavy atom. The van der Waals surface area contributed by atoms with Crippen LogP contribution in [0.5, 0.6) is 5.88 Å². The number of imidazole rings is 1. The third-order valence-electron chi connectivity index (χ3n) is 6.09. The van der Waals surface area contributed by atoms with E-state index in [1.54, 1.807) is 10.7 Å². The van der Waals surface area contributed by atoms with E-state index in [2.05, 4.69) is 10.1 Å². The number of thiophene rings is 1. The quantitative estimate of drug-likeness (QED) is 0.346. The Hall–Kier alpha value is -3.65. The van der Waals surface area contributed by atoms with Gasteiger partial charge < -0.3 is 14.1 Å². The number of nitrogens with zero attached hydrogens (tertiary/aromatic N) is 4. The molecule has 0 N–H and O–H groups in total. The smallest absolute Gasteiger partial charge is 0.264 e. The van der Waals surface area contributed by atoms with Crippen LogP contribution in [-0.4, -0.2) is 44.6 Å². The van der Waals surface area contributed by atoms with E-state index in [0.29, 0.717) is 18.2 Å². The molecule has 1 fully saturated rings. The summed E-state index contributed by atoms with van der Waals surface area (Å²) in [4.78, 5) is 20.0. The molecule has 5 aromatic rings. The minimum Gasteiger partial charge on any atom is -0.477 e. The Bertz CT molecular complexity index is 1390. The summed E-state index contributed by atoms with van der Waals surface area (Å²) in [6, 6.07) is 17.6. The fraction of sp³-hybridized carbons (Fsp3) is 0.240. The van der Waals surface area contributed by atoms with Gasteiger partial charge in [-0.05, 0) is 42.5 Å². The van der Waals surface area contributed by atoms with Crippen molar-refractivity contribution in [1.29, 1.82) is 0 Å². The van der Waals surface area contributed by atoms with Gasteiger partial charge in [-0.2, -0.15) is 0 Å². The van der Waals surface area contributed by atoms with Crippen LogP contribution in [0, 0.1) is 0 Å². The molecule has 4 aromatic heterocycles. The van der Waals surface area contributed by atoms with Gasteiger partial charge in [-0.15, -0.1) is 16.4 Å². The molecule has 166 valence electrons. The first-order valence-corrected chi connectivity index (χ1v) is 12.0. The normalized spacial score (nSPS) is 16.1. The van der Waals surface area contributed by atoms with E-state index in [-0.39, 0.29) is 11.9 Å². The zero-order chi connectivity index (χ0) is 22.2. The van der Waals surface area contributed by atoms with Gasteiger partial charge in [0.1, 0.15) is 11.3 Å². The fourth-order valence-corrected chi connectivity index (χ4v) is 5.13. The van der Waals surface area contributed by atoms with E-state index in [4.69, 9.17) is 9.15 Å². The standard InChI is InChI=1S/C25H22N4O3S/c30-25(22-8-4-14-33-22)28-12-3-6-18(28)11-13-31-24-10-9-23-26-16-19(29(23)27-24)21-15-17-5-1-2-7-20(17)32-21/h1-2,4-5,7-10,14-16,18H,3,6,11-13H2. The average Bonchev–Trinajstić information content (AvgIpc) is 3.64. The number of hydrogen-bond acceptors (Lipinski definition) is 6. The van der Waals surface area contributed by atoms with Crippen LogP contribution in [0.1, 0.15) is 28.9 Å². The van der Waals surface area contributed by atoms with Crippen molar-refractivity contribution in [2.75, 3.05) is 13.2 Å². The first kappa shape index (κ1) is 20.0. The van der Waals surface area contributed by atoms with Gasteiger partial charge in [-0.25, -0.2) is 9.50 Å². The molecule has 1 saturated heterocycles. The van der Waals surface area contributed by atoms with E-state index in [1.807, 2.05) is 64.9 Å². The Kier molecular flexibility index (Phi) is 5.07. The highest BCUT2D eigenvalue weighted by Crippen LogP contribution is 2.29. The molecule has 5 heterocycles.